The third-order valence-electron chi connectivity index (χ3n) is 3.51. The molecule has 1 saturated heterocycles. The Morgan fingerprint density at radius 3 is 2.29 bits per heavy atom. The molecule has 1 aliphatic rings. The Hall–Kier alpha value is -1.09. The molecule has 0 bridgehead atoms. The average molecular weight is 331 g/mol. The van der Waals surface area contributed by atoms with Crippen molar-refractivity contribution >= 4 is 10.8 Å². The van der Waals surface area contributed by atoms with E-state index in [0.29, 0.717) is 0 Å². The Morgan fingerprint density at radius 1 is 1.14 bits per heavy atom. The van der Waals surface area contributed by atoms with Crippen molar-refractivity contribution < 1.29 is 30.6 Å². The SMILES string of the molecule is O=[S@@](c1cccc([C@]2(C(F)(F)F)CCNC2)c1)C(F)(F)F. The van der Waals surface area contributed by atoms with Gasteiger partial charge in [-0.15, -0.1) is 0 Å². The maximum absolute atomic E-state index is 13.3. The van der Waals surface area contributed by atoms with Crippen LogP contribution in [-0.2, 0) is 16.2 Å². The van der Waals surface area contributed by atoms with E-state index in [1.54, 1.807) is 0 Å². The Balaban J connectivity index is 2.48. The van der Waals surface area contributed by atoms with Gasteiger partial charge in [0.05, 0.1) is 0 Å². The van der Waals surface area contributed by atoms with Crippen molar-refractivity contribution in [3.63, 3.8) is 0 Å². The maximum Gasteiger partial charge on any atom is 0.475 e. The van der Waals surface area contributed by atoms with E-state index < -0.39 is 39.3 Å². The second-order valence-electron chi connectivity index (χ2n) is 4.75. The Kier molecular flexibility index (Phi) is 4.09. The predicted molar refractivity (Wildman–Crippen MR) is 64.1 cm³/mol. The minimum absolute atomic E-state index is 0.117. The van der Waals surface area contributed by atoms with Crippen molar-refractivity contribution in [1.82, 2.24) is 5.32 Å². The van der Waals surface area contributed by atoms with E-state index in [2.05, 4.69) is 5.32 Å². The molecule has 0 unspecified atom stereocenters. The van der Waals surface area contributed by atoms with E-state index in [9.17, 15) is 30.6 Å². The molecule has 0 radical (unpaired) electrons. The number of halogens is 6. The molecule has 21 heavy (non-hydrogen) atoms. The fourth-order valence-corrected chi connectivity index (χ4v) is 3.09. The van der Waals surface area contributed by atoms with Crippen LogP contribution in [0.25, 0.3) is 0 Å². The van der Waals surface area contributed by atoms with Crippen molar-refractivity contribution in [1.29, 1.82) is 0 Å². The zero-order valence-electron chi connectivity index (χ0n) is 10.5. The molecule has 0 saturated carbocycles. The van der Waals surface area contributed by atoms with Crippen LogP contribution in [0.2, 0.25) is 0 Å². The van der Waals surface area contributed by atoms with Gasteiger partial charge in [-0.05, 0) is 30.7 Å². The van der Waals surface area contributed by atoms with Crippen LogP contribution >= 0.6 is 0 Å². The summed E-state index contributed by atoms with van der Waals surface area (Å²) < 4.78 is 88.6. The minimum Gasteiger partial charge on any atom is -0.315 e. The highest BCUT2D eigenvalue weighted by Crippen LogP contribution is 2.45. The quantitative estimate of drug-likeness (QED) is 0.844. The zero-order valence-corrected chi connectivity index (χ0v) is 11.3. The molecule has 1 N–H and O–H groups in total. The number of alkyl halides is 6. The van der Waals surface area contributed by atoms with E-state index in [4.69, 9.17) is 0 Å². The highest BCUT2D eigenvalue weighted by Gasteiger charge is 2.57. The number of hydrogen-bond acceptors (Lipinski definition) is 2. The average Bonchev–Trinajstić information content (AvgIpc) is 2.87. The fourth-order valence-electron chi connectivity index (χ4n) is 2.39. The zero-order chi connectivity index (χ0) is 15.9. The summed E-state index contributed by atoms with van der Waals surface area (Å²) >= 11 is 0. The lowest BCUT2D eigenvalue weighted by Crippen LogP contribution is -2.44. The van der Waals surface area contributed by atoms with Gasteiger partial charge in [-0.2, -0.15) is 26.3 Å². The molecule has 0 spiro atoms. The second-order valence-corrected chi connectivity index (χ2v) is 6.22. The van der Waals surface area contributed by atoms with Crippen molar-refractivity contribution in [2.45, 2.75) is 28.4 Å². The summed E-state index contributed by atoms with van der Waals surface area (Å²) in [5.74, 6) is 0. The van der Waals surface area contributed by atoms with Gasteiger partial charge in [0.25, 0.3) is 0 Å². The fraction of sp³-hybridized carbons (Fsp3) is 0.500. The van der Waals surface area contributed by atoms with Crippen LogP contribution in [0.15, 0.2) is 29.2 Å². The molecule has 2 rings (SSSR count). The Bertz CT molecular complexity index is 547. The molecule has 1 heterocycles. The van der Waals surface area contributed by atoms with Crippen LogP contribution in [0.4, 0.5) is 26.3 Å². The number of rotatable bonds is 2. The number of nitrogens with one attached hydrogen (secondary N) is 1. The number of benzene rings is 1. The number of hydrogen-bond donors (Lipinski definition) is 1. The van der Waals surface area contributed by atoms with Crippen LogP contribution in [-0.4, -0.2) is 29.0 Å². The van der Waals surface area contributed by atoms with Crippen molar-refractivity contribution in [3.05, 3.63) is 29.8 Å². The standard InChI is InChI=1S/C12H11F6NOS/c13-11(14,15)10(4-5-19-7-10)8-2-1-3-9(6-8)21(20)12(16,17)18/h1-3,6,19H,4-5,7H2/t10-,21-/m0/s1. The summed E-state index contributed by atoms with van der Waals surface area (Å²) in [6.07, 6.45) is -4.87. The molecular weight excluding hydrogens is 320 g/mol. The molecule has 1 fully saturated rings. The Labute approximate surface area is 119 Å². The molecule has 0 amide bonds. The lowest BCUT2D eigenvalue weighted by molar-refractivity contribution is -0.185. The van der Waals surface area contributed by atoms with E-state index in [0.717, 1.165) is 24.3 Å². The lowest BCUT2D eigenvalue weighted by Gasteiger charge is -2.31. The summed E-state index contributed by atoms with van der Waals surface area (Å²) in [7, 11) is -3.34. The highest BCUT2D eigenvalue weighted by molar-refractivity contribution is 7.86. The van der Waals surface area contributed by atoms with Gasteiger partial charge in [-0.1, -0.05) is 12.1 Å². The van der Waals surface area contributed by atoms with Crippen molar-refractivity contribution in [3.8, 4) is 0 Å². The maximum atomic E-state index is 13.3. The van der Waals surface area contributed by atoms with Crippen molar-refractivity contribution in [2.24, 2.45) is 0 Å². The normalized spacial score (nSPS) is 25.0. The van der Waals surface area contributed by atoms with Gasteiger partial charge in [0, 0.05) is 11.4 Å². The van der Waals surface area contributed by atoms with Crippen LogP contribution in [0.5, 0.6) is 0 Å². The lowest BCUT2D eigenvalue weighted by atomic mass is 9.79. The molecule has 2 nitrogen and oxygen atoms in total. The Morgan fingerprint density at radius 2 is 1.81 bits per heavy atom. The van der Waals surface area contributed by atoms with E-state index in [1.807, 2.05) is 0 Å². The smallest absolute Gasteiger partial charge is 0.315 e. The van der Waals surface area contributed by atoms with Gasteiger partial charge in [-0.25, -0.2) is 4.21 Å². The van der Waals surface area contributed by atoms with Gasteiger partial charge >= 0.3 is 11.7 Å². The first-order valence-electron chi connectivity index (χ1n) is 5.94. The van der Waals surface area contributed by atoms with Crippen LogP contribution in [0.3, 0.4) is 0 Å². The third kappa shape index (κ3) is 2.94. The summed E-state index contributed by atoms with van der Waals surface area (Å²) in [6, 6.07) is 3.85. The van der Waals surface area contributed by atoms with Crippen LogP contribution in [0.1, 0.15) is 12.0 Å². The molecule has 118 valence electrons. The molecule has 1 aromatic carbocycles. The molecule has 1 aromatic rings. The minimum atomic E-state index is -5.00. The van der Waals surface area contributed by atoms with E-state index in [-0.39, 0.29) is 18.5 Å². The summed E-state index contributed by atoms with van der Waals surface area (Å²) in [5.41, 5.74) is -7.54. The van der Waals surface area contributed by atoms with Crippen molar-refractivity contribution in [2.75, 3.05) is 13.1 Å². The molecule has 1 aliphatic heterocycles. The second kappa shape index (κ2) is 5.28. The van der Waals surface area contributed by atoms with Gasteiger partial charge < -0.3 is 5.32 Å². The predicted octanol–water partition coefficient (Wildman–Crippen LogP) is 3.11. The van der Waals surface area contributed by atoms with Gasteiger partial charge in [-0.3, -0.25) is 0 Å². The highest BCUT2D eigenvalue weighted by atomic mass is 32.2. The molecule has 0 aromatic heterocycles. The summed E-state index contributed by atoms with van der Waals surface area (Å²) in [6.45, 7) is -0.287. The first-order valence-corrected chi connectivity index (χ1v) is 7.09. The van der Waals surface area contributed by atoms with Gasteiger partial charge in [0.1, 0.15) is 5.41 Å². The molecule has 9 heteroatoms. The van der Waals surface area contributed by atoms with E-state index >= 15 is 0 Å². The summed E-state index contributed by atoms with van der Waals surface area (Å²) in [5, 5.41) is 2.58. The van der Waals surface area contributed by atoms with Crippen LogP contribution < -0.4 is 5.32 Å². The first kappa shape index (κ1) is 16.3. The molecule has 0 aliphatic carbocycles. The van der Waals surface area contributed by atoms with Gasteiger partial charge in [0.2, 0.25) is 0 Å². The third-order valence-corrected chi connectivity index (χ3v) is 4.61. The van der Waals surface area contributed by atoms with Gasteiger partial charge in [0.15, 0.2) is 10.8 Å². The monoisotopic (exact) mass is 331 g/mol. The van der Waals surface area contributed by atoms with E-state index in [1.165, 1.54) is 0 Å². The summed E-state index contributed by atoms with van der Waals surface area (Å²) in [4.78, 5) is -0.671. The van der Waals surface area contributed by atoms with Crippen LogP contribution in [0, 0.1) is 0 Å². The molecular formula is C12H11F6NOS. The molecule has 2 atom stereocenters. The first-order chi connectivity index (χ1) is 9.58. The topological polar surface area (TPSA) is 29.1 Å². The largest absolute Gasteiger partial charge is 0.475 e.